The molecule has 6 rings (SSSR count). The summed E-state index contributed by atoms with van der Waals surface area (Å²) in [5.41, 5.74) is 21.4. The van der Waals surface area contributed by atoms with E-state index in [-0.39, 0.29) is 69.9 Å². The Kier molecular flexibility index (Phi) is 25.8. The van der Waals surface area contributed by atoms with Gasteiger partial charge in [0.25, 0.3) is 17.7 Å². The number of aryl methyl sites for hydroxylation is 2. The van der Waals surface area contributed by atoms with Gasteiger partial charge in [0.15, 0.2) is 5.78 Å². The Morgan fingerprint density at radius 1 is 0.494 bits per heavy atom. The van der Waals surface area contributed by atoms with Crippen LogP contribution in [-0.2, 0) is 44.8 Å². The normalized spacial score (nSPS) is 24.9. The fourth-order valence-corrected chi connectivity index (χ4v) is 13.2. The molecule has 3 aromatic rings. The molecular weight excluding hydrogens is 1150 g/mol. The number of nitrogens with one attached hydrogen (secondary N) is 10. The van der Waals surface area contributed by atoms with E-state index in [1.165, 1.54) is 22.7 Å². The number of carbonyl (C=O) groups is 10. The number of hydrogen-bond donors (Lipinski definition) is 12. The molecule has 476 valence electrons. The number of thiophene rings is 2. The summed E-state index contributed by atoms with van der Waals surface area (Å²) in [6, 6.07) is 2.89. The van der Waals surface area contributed by atoms with Crippen LogP contribution in [0.4, 0.5) is 0 Å². The highest BCUT2D eigenvalue weighted by molar-refractivity contribution is 7.14. The maximum atomic E-state index is 14.7. The van der Waals surface area contributed by atoms with Crippen molar-refractivity contribution in [2.24, 2.45) is 35.1 Å². The first-order valence-corrected chi connectivity index (χ1v) is 32.3. The highest BCUT2D eigenvalue weighted by Crippen LogP contribution is 2.45. The molecule has 9 atom stereocenters. The molecule has 0 spiro atoms. The highest BCUT2D eigenvalue weighted by atomic mass is 32.1. The molecule has 1 aliphatic carbocycles. The zero-order chi connectivity index (χ0) is 63.8. The molecule has 6 bridgehead atoms. The zero-order valence-corrected chi connectivity index (χ0v) is 53.6. The number of ketones is 1. The number of nitrogens with two attached hydrogens (primary N) is 2. The largest absolute Gasteiger partial charge is 0.344 e. The molecule has 9 amide bonds. The van der Waals surface area contributed by atoms with Gasteiger partial charge < -0.3 is 48.7 Å². The monoisotopic (exact) mass is 1240 g/mol. The fraction of sp³-hybridized carbons (Fsp3) is 0.587. The molecule has 4 heterocycles. The molecule has 2 aromatic heterocycles. The van der Waals surface area contributed by atoms with E-state index in [1.807, 2.05) is 77.9 Å². The summed E-state index contributed by atoms with van der Waals surface area (Å²) < 4.78 is 0. The van der Waals surface area contributed by atoms with Gasteiger partial charge in [0, 0.05) is 9.75 Å². The summed E-state index contributed by atoms with van der Waals surface area (Å²) >= 11 is 2.55. The minimum Gasteiger partial charge on any atom is -0.344 e. The van der Waals surface area contributed by atoms with Gasteiger partial charge in [-0.2, -0.15) is 0 Å². The third-order valence-corrected chi connectivity index (χ3v) is 18.1. The van der Waals surface area contributed by atoms with Crippen LogP contribution >= 0.6 is 22.7 Å². The third-order valence-electron chi connectivity index (χ3n) is 16.0. The first kappa shape index (κ1) is 69.2. The van der Waals surface area contributed by atoms with E-state index < -0.39 is 125 Å². The molecule has 1 aromatic carbocycles. The Bertz CT molecular complexity index is 2990. The minimum atomic E-state index is -1.17. The number of carbonyl (C=O) groups excluding carboxylic acids is 10. The molecule has 14 N–H and O–H groups in total. The standard InChI is InChI=1S/C63H92N12O10S2/c1-32(2)27-48-58(80)69-47(29-38-17-12-11-13-18-38)54(76)43-23-24-46(66-43)57(79)72-52(34(5)6)62(84)67-45(22-16-26-65)56(78)71-49(28-33(3)4)59(81)74-75-61(83)51-31-42(37(10)87-51)40-20-14-19-39(40)41-30-50(86-36(41)9)60(82)73-53(35(7)8)63(85)68-44(21-15-25-64)55(77)70-48/h11-13,17-18,30-35,43-49,52-53,66H,14-16,19-29,64-65H2,1-10H3,(H,67,84)(H,68,85)(H,69,80)(H,70,77)(H,71,78)(H,72,79)(H,73,82)(H,74,81)(H,75,83)/t43?,44-,45-,46-,47+,48-,49-,52-,53-/m0/s1. The Morgan fingerprint density at radius 2 is 0.943 bits per heavy atom. The predicted octanol–water partition coefficient (Wildman–Crippen LogP) is 4.12. The molecule has 87 heavy (non-hydrogen) atoms. The Morgan fingerprint density at radius 3 is 1.44 bits per heavy atom. The molecule has 1 unspecified atom stereocenters. The molecule has 0 radical (unpaired) electrons. The summed E-state index contributed by atoms with van der Waals surface area (Å²) in [5, 5.41) is 23.1. The molecule has 3 aliphatic rings. The number of benzene rings is 1. The van der Waals surface area contributed by atoms with Crippen molar-refractivity contribution < 1.29 is 47.9 Å². The number of hydrazine groups is 1. The molecular formula is C63H92N12O10S2. The van der Waals surface area contributed by atoms with Crippen molar-refractivity contribution in [2.75, 3.05) is 13.1 Å². The quantitative estimate of drug-likeness (QED) is 0.108. The fourth-order valence-electron chi connectivity index (χ4n) is 11.3. The average molecular weight is 1240 g/mol. The second-order valence-electron chi connectivity index (χ2n) is 24.7. The van der Waals surface area contributed by atoms with E-state index in [1.54, 1.807) is 33.8 Å². The van der Waals surface area contributed by atoms with Crippen molar-refractivity contribution in [3.8, 4) is 0 Å². The van der Waals surface area contributed by atoms with Gasteiger partial charge in [-0.15, -0.1) is 22.7 Å². The zero-order valence-electron chi connectivity index (χ0n) is 52.0. The molecule has 0 saturated carbocycles. The maximum absolute atomic E-state index is 14.7. The smallest absolute Gasteiger partial charge is 0.279 e. The average Bonchev–Trinajstić information content (AvgIpc) is 3.07. The van der Waals surface area contributed by atoms with Crippen LogP contribution < -0.4 is 64.9 Å². The number of amides is 9. The lowest BCUT2D eigenvalue weighted by Gasteiger charge is -2.29. The van der Waals surface area contributed by atoms with Crippen LogP contribution in [0.25, 0.3) is 11.1 Å². The summed E-state index contributed by atoms with van der Waals surface area (Å²) in [6.07, 6.45) is 3.97. The SMILES string of the molecule is Cc1sc2cc1C1=C(CCC1)c1cc(sc1C)C(=O)N[C@@H](C(C)C)C(=O)N[C@@H](CCCN)C(=O)N[C@@H](CC(C)C)C(=O)N[C@H](Cc1ccccc1)C(=O)C1CC[C@H](N1)C(=O)N[C@@H](C(C)C)C(=O)N[C@@H](CCCN)C(=O)N[C@@H](CC(C)C)C(=O)NNC2=O. The maximum Gasteiger partial charge on any atom is 0.279 e. The molecule has 2 aliphatic heterocycles. The summed E-state index contributed by atoms with van der Waals surface area (Å²) in [4.78, 5) is 145. The lowest BCUT2D eigenvalue weighted by Crippen LogP contribution is -2.60. The number of allylic oxidation sites excluding steroid dienone is 2. The molecule has 22 nitrogen and oxygen atoms in total. The first-order valence-electron chi connectivity index (χ1n) is 30.7. The van der Waals surface area contributed by atoms with Gasteiger partial charge in [0.1, 0.15) is 36.3 Å². The van der Waals surface area contributed by atoms with E-state index in [4.69, 9.17) is 11.5 Å². The van der Waals surface area contributed by atoms with E-state index in [2.05, 4.69) is 53.4 Å². The minimum absolute atomic E-state index is 0.0784. The third kappa shape index (κ3) is 19.1. The van der Waals surface area contributed by atoms with Gasteiger partial charge in [-0.3, -0.25) is 64.1 Å². The second-order valence-corrected chi connectivity index (χ2v) is 27.2. The van der Waals surface area contributed by atoms with Crippen LogP contribution in [0.1, 0.15) is 172 Å². The number of hydrogen-bond acceptors (Lipinski definition) is 15. The summed E-state index contributed by atoms with van der Waals surface area (Å²) in [7, 11) is 0. The summed E-state index contributed by atoms with van der Waals surface area (Å²) in [5.74, 6) is -7.05. The van der Waals surface area contributed by atoms with Crippen molar-refractivity contribution >= 4 is 92.8 Å². The topological polar surface area (TPSA) is 343 Å². The molecule has 1 saturated heterocycles. The van der Waals surface area contributed by atoms with E-state index in [9.17, 15) is 47.9 Å². The lowest BCUT2D eigenvalue weighted by molar-refractivity contribution is -0.135. The van der Waals surface area contributed by atoms with Crippen molar-refractivity contribution in [3.05, 3.63) is 78.7 Å². The van der Waals surface area contributed by atoms with Crippen LogP contribution in [-0.4, -0.2) is 126 Å². The Hall–Kier alpha value is -6.86. The Labute approximate surface area is 519 Å². The van der Waals surface area contributed by atoms with Crippen molar-refractivity contribution in [1.82, 2.24) is 53.4 Å². The van der Waals surface area contributed by atoms with Gasteiger partial charge in [0.2, 0.25) is 35.4 Å². The number of rotatable bonds is 14. The predicted molar refractivity (Wildman–Crippen MR) is 337 cm³/mol. The van der Waals surface area contributed by atoms with Crippen LogP contribution in [0.2, 0.25) is 0 Å². The van der Waals surface area contributed by atoms with Gasteiger partial charge in [-0.1, -0.05) is 85.7 Å². The van der Waals surface area contributed by atoms with E-state index >= 15 is 0 Å². The van der Waals surface area contributed by atoms with Gasteiger partial charge in [-0.25, -0.2) is 0 Å². The van der Waals surface area contributed by atoms with Gasteiger partial charge >= 0.3 is 0 Å². The molecule has 24 heteroatoms. The number of fused-ring (bicyclic) bond motifs is 8. The van der Waals surface area contributed by atoms with Crippen LogP contribution in [0.3, 0.4) is 0 Å². The second kappa shape index (κ2) is 32.4. The van der Waals surface area contributed by atoms with Crippen molar-refractivity contribution in [1.29, 1.82) is 0 Å². The Balaban J connectivity index is 1.35. The van der Waals surface area contributed by atoms with Gasteiger partial charge in [0.05, 0.1) is 27.9 Å². The van der Waals surface area contributed by atoms with Crippen LogP contribution in [0.15, 0.2) is 42.5 Å². The lowest BCUT2D eigenvalue weighted by atomic mass is 9.95. The molecule has 1 fully saturated rings. The first-order chi connectivity index (χ1) is 41.3. The van der Waals surface area contributed by atoms with Gasteiger partial charge in [-0.05, 0) is 168 Å². The highest BCUT2D eigenvalue weighted by Gasteiger charge is 2.41. The van der Waals surface area contributed by atoms with Crippen LogP contribution in [0, 0.1) is 37.5 Å². The van der Waals surface area contributed by atoms with Crippen molar-refractivity contribution in [3.63, 3.8) is 0 Å². The summed E-state index contributed by atoms with van der Waals surface area (Å²) in [6.45, 7) is 18.8. The van der Waals surface area contributed by atoms with E-state index in [0.717, 1.165) is 44.0 Å². The van der Waals surface area contributed by atoms with Crippen molar-refractivity contribution in [2.45, 2.75) is 201 Å². The van der Waals surface area contributed by atoms with Crippen LogP contribution in [0.5, 0.6) is 0 Å². The van der Waals surface area contributed by atoms with E-state index in [0.29, 0.717) is 35.4 Å². The number of Topliss-reactive ketones (excluding diaryl/α,β-unsaturated/α-hetero) is 1.